The Labute approximate surface area is 128 Å². The van der Waals surface area contributed by atoms with Gasteiger partial charge in [0.15, 0.2) is 10.1 Å². The summed E-state index contributed by atoms with van der Waals surface area (Å²) in [5.74, 6) is -0.487. The van der Waals surface area contributed by atoms with Crippen LogP contribution in [0, 0.1) is 20.8 Å². The van der Waals surface area contributed by atoms with Gasteiger partial charge in [-0.2, -0.15) is 0 Å². The number of hydrogen-bond donors (Lipinski definition) is 1. The highest BCUT2D eigenvalue weighted by Crippen LogP contribution is 2.21. The van der Waals surface area contributed by atoms with Gasteiger partial charge < -0.3 is 0 Å². The Bertz CT molecular complexity index is 887. The van der Waals surface area contributed by atoms with Crippen molar-refractivity contribution in [2.24, 2.45) is 0 Å². The maximum absolute atomic E-state index is 12.3. The van der Waals surface area contributed by atoms with Crippen molar-refractivity contribution in [1.29, 1.82) is 0 Å². The van der Waals surface area contributed by atoms with Crippen molar-refractivity contribution in [2.45, 2.75) is 20.8 Å². The van der Waals surface area contributed by atoms with Gasteiger partial charge in [0.2, 0.25) is 0 Å². The van der Waals surface area contributed by atoms with E-state index in [1.54, 1.807) is 6.20 Å². The number of nitrogens with one attached hydrogen (secondary N) is 1. The number of aryl methyl sites for hydroxylation is 3. The zero-order valence-electron chi connectivity index (χ0n) is 11.6. The van der Waals surface area contributed by atoms with Crippen LogP contribution in [0.15, 0.2) is 17.2 Å². The Balaban J connectivity index is 1.98. The van der Waals surface area contributed by atoms with Crippen molar-refractivity contribution in [1.82, 2.24) is 14.4 Å². The van der Waals surface area contributed by atoms with E-state index in [9.17, 15) is 9.59 Å². The molecule has 0 saturated heterocycles. The van der Waals surface area contributed by atoms with Crippen molar-refractivity contribution in [2.75, 3.05) is 5.32 Å². The van der Waals surface area contributed by atoms with Crippen LogP contribution in [0.5, 0.6) is 0 Å². The molecule has 0 aromatic carbocycles. The number of nitrogens with zero attached hydrogens (tertiary/aromatic N) is 3. The van der Waals surface area contributed by atoms with Gasteiger partial charge in [0.05, 0.1) is 5.69 Å². The second kappa shape index (κ2) is 5.05. The highest BCUT2D eigenvalue weighted by Gasteiger charge is 2.16. The Morgan fingerprint density at radius 2 is 2.05 bits per heavy atom. The molecular weight excluding hydrogens is 308 g/mol. The normalized spacial score (nSPS) is 11.0. The van der Waals surface area contributed by atoms with Gasteiger partial charge >= 0.3 is 0 Å². The summed E-state index contributed by atoms with van der Waals surface area (Å²) in [5, 5.41) is 3.14. The summed E-state index contributed by atoms with van der Waals surface area (Å²) >= 11 is 2.79. The van der Waals surface area contributed by atoms with E-state index in [1.807, 2.05) is 20.8 Å². The van der Waals surface area contributed by atoms with Gasteiger partial charge in [-0.25, -0.2) is 9.97 Å². The first-order valence-electron chi connectivity index (χ1n) is 6.19. The minimum absolute atomic E-state index is 0.0100. The molecule has 1 N–H and O–H groups in total. The van der Waals surface area contributed by atoms with Gasteiger partial charge in [-0.1, -0.05) is 0 Å². The molecule has 0 spiro atoms. The van der Waals surface area contributed by atoms with E-state index in [-0.39, 0.29) is 11.1 Å². The first kappa shape index (κ1) is 13.9. The largest absolute Gasteiger partial charge is 0.298 e. The fourth-order valence-electron chi connectivity index (χ4n) is 1.84. The third kappa shape index (κ3) is 2.47. The summed E-state index contributed by atoms with van der Waals surface area (Å²) in [5.41, 5.74) is 0.511. The van der Waals surface area contributed by atoms with Crippen LogP contribution in [0.25, 0.3) is 4.96 Å². The second-order valence-corrected chi connectivity index (χ2v) is 7.00. The third-order valence-corrected chi connectivity index (χ3v) is 4.92. The van der Waals surface area contributed by atoms with Gasteiger partial charge in [0, 0.05) is 22.1 Å². The Morgan fingerprint density at radius 1 is 1.29 bits per heavy atom. The predicted molar refractivity (Wildman–Crippen MR) is 83.6 cm³/mol. The number of carbonyl (C=O) groups excluding carboxylic acids is 1. The number of anilines is 1. The molecule has 3 aromatic rings. The number of thiazole rings is 2. The second-order valence-electron chi connectivity index (χ2n) is 4.59. The maximum Gasteiger partial charge on any atom is 0.271 e. The van der Waals surface area contributed by atoms with Crippen LogP contribution in [0.4, 0.5) is 5.13 Å². The lowest BCUT2D eigenvalue weighted by molar-refractivity contribution is 0.102. The minimum Gasteiger partial charge on any atom is -0.298 e. The topological polar surface area (TPSA) is 76.4 Å². The summed E-state index contributed by atoms with van der Waals surface area (Å²) in [4.78, 5) is 35.5. The molecule has 0 atom stereocenters. The van der Waals surface area contributed by atoms with E-state index in [1.165, 1.54) is 33.3 Å². The first-order valence-corrected chi connectivity index (χ1v) is 7.82. The molecular formula is C13H12N4O2S2. The van der Waals surface area contributed by atoms with Gasteiger partial charge in [0.1, 0.15) is 5.56 Å². The SMILES string of the molecule is Cc1cn2c(=O)c(C(=O)Nc3nc(C)c(C)s3)cnc2s1. The fourth-order valence-corrected chi connectivity index (χ4v) is 3.44. The zero-order valence-corrected chi connectivity index (χ0v) is 13.3. The zero-order chi connectivity index (χ0) is 15.1. The molecule has 0 fully saturated rings. The van der Waals surface area contributed by atoms with E-state index < -0.39 is 5.91 Å². The number of rotatable bonds is 2. The smallest absolute Gasteiger partial charge is 0.271 e. The number of hydrogen-bond acceptors (Lipinski definition) is 6. The molecule has 0 radical (unpaired) electrons. The lowest BCUT2D eigenvalue weighted by atomic mass is 10.3. The fraction of sp³-hybridized carbons (Fsp3) is 0.231. The molecule has 6 nitrogen and oxygen atoms in total. The van der Waals surface area contributed by atoms with E-state index in [2.05, 4.69) is 15.3 Å². The summed E-state index contributed by atoms with van der Waals surface area (Å²) in [6, 6.07) is 0. The predicted octanol–water partition coefficient (Wildman–Crippen LogP) is 2.39. The van der Waals surface area contributed by atoms with Crippen LogP contribution in [0.3, 0.4) is 0 Å². The summed E-state index contributed by atoms with van der Waals surface area (Å²) in [6.07, 6.45) is 3.00. The average Bonchev–Trinajstić information content (AvgIpc) is 2.93. The molecule has 21 heavy (non-hydrogen) atoms. The summed E-state index contributed by atoms with van der Waals surface area (Å²) < 4.78 is 1.40. The monoisotopic (exact) mass is 320 g/mol. The molecule has 0 aliphatic rings. The van der Waals surface area contributed by atoms with Gasteiger partial charge in [-0.3, -0.25) is 19.3 Å². The van der Waals surface area contributed by atoms with Crippen LogP contribution >= 0.6 is 22.7 Å². The average molecular weight is 320 g/mol. The van der Waals surface area contributed by atoms with Gasteiger partial charge in [-0.05, 0) is 20.8 Å². The van der Waals surface area contributed by atoms with Crippen molar-refractivity contribution >= 4 is 38.7 Å². The van der Waals surface area contributed by atoms with Crippen LogP contribution in [-0.4, -0.2) is 20.3 Å². The molecule has 3 heterocycles. The maximum atomic E-state index is 12.3. The first-order chi connectivity index (χ1) is 9.95. The number of fused-ring (bicyclic) bond motifs is 1. The van der Waals surface area contributed by atoms with Crippen LogP contribution in [0.1, 0.15) is 25.8 Å². The Morgan fingerprint density at radius 3 is 2.71 bits per heavy atom. The molecule has 1 amide bonds. The molecule has 0 bridgehead atoms. The lowest BCUT2D eigenvalue weighted by Crippen LogP contribution is -2.25. The molecule has 0 unspecified atom stereocenters. The van der Waals surface area contributed by atoms with Crippen molar-refractivity contribution in [3.05, 3.63) is 43.8 Å². The van der Waals surface area contributed by atoms with Crippen molar-refractivity contribution in [3.63, 3.8) is 0 Å². The van der Waals surface area contributed by atoms with E-state index >= 15 is 0 Å². The number of carbonyl (C=O) groups is 1. The highest BCUT2D eigenvalue weighted by molar-refractivity contribution is 7.17. The van der Waals surface area contributed by atoms with Gasteiger partial charge in [-0.15, -0.1) is 22.7 Å². The van der Waals surface area contributed by atoms with Crippen LogP contribution < -0.4 is 10.9 Å². The van der Waals surface area contributed by atoms with Gasteiger partial charge in [0.25, 0.3) is 11.5 Å². The molecule has 0 aliphatic heterocycles. The lowest BCUT2D eigenvalue weighted by Gasteiger charge is -2.01. The van der Waals surface area contributed by atoms with E-state index in [0.717, 1.165) is 15.4 Å². The Kier molecular flexibility index (Phi) is 3.34. The Hall–Kier alpha value is -2.06. The molecule has 108 valence electrons. The van der Waals surface area contributed by atoms with E-state index in [4.69, 9.17) is 0 Å². The van der Waals surface area contributed by atoms with Crippen molar-refractivity contribution < 1.29 is 4.79 Å². The third-order valence-electron chi connectivity index (χ3n) is 3.02. The highest BCUT2D eigenvalue weighted by atomic mass is 32.1. The molecule has 0 saturated carbocycles. The standard InChI is InChI=1S/C13H12N4O2S2/c1-6-5-17-11(19)9(4-14-13(17)20-6)10(18)16-12-15-7(2)8(3)21-12/h4-5H,1-3H3,(H,15,16,18). The van der Waals surface area contributed by atoms with Crippen LogP contribution in [0.2, 0.25) is 0 Å². The number of aromatic nitrogens is 3. The van der Waals surface area contributed by atoms with Crippen LogP contribution in [-0.2, 0) is 0 Å². The van der Waals surface area contributed by atoms with Crippen molar-refractivity contribution in [3.8, 4) is 0 Å². The summed E-state index contributed by atoms with van der Waals surface area (Å²) in [7, 11) is 0. The molecule has 3 aromatic heterocycles. The minimum atomic E-state index is -0.487. The molecule has 0 aliphatic carbocycles. The van der Waals surface area contributed by atoms with E-state index in [0.29, 0.717) is 10.1 Å². The quantitative estimate of drug-likeness (QED) is 0.786. The summed E-state index contributed by atoms with van der Waals surface area (Å²) in [6.45, 7) is 5.69. The molecule has 8 heteroatoms. The molecule has 3 rings (SSSR count). The number of amides is 1.